The number of hydrogen-bond donors (Lipinski definition) is 1. The Labute approximate surface area is 159 Å². The topological polar surface area (TPSA) is 67.9 Å². The number of nitrogens with zero attached hydrogens (tertiary/aromatic N) is 1. The molecular weight excluding hydrogens is 377 g/mol. The predicted octanol–water partition coefficient (Wildman–Crippen LogP) is 3.19. The van der Waals surface area contributed by atoms with E-state index in [0.29, 0.717) is 11.5 Å². The normalized spacial score (nSPS) is 10.9. The van der Waals surface area contributed by atoms with E-state index in [1.165, 1.54) is 26.3 Å². The molecule has 0 saturated heterocycles. The lowest BCUT2D eigenvalue weighted by Gasteiger charge is -2.19. The molecule has 2 aromatic carbocycles. The van der Waals surface area contributed by atoms with Crippen LogP contribution in [0.15, 0.2) is 48.5 Å². The number of ether oxygens (including phenoxy) is 2. The molecule has 0 atom stereocenters. The molecule has 9 heteroatoms. The van der Waals surface area contributed by atoms with Crippen molar-refractivity contribution in [3.05, 3.63) is 54.1 Å². The zero-order valence-electron chi connectivity index (χ0n) is 15.2. The van der Waals surface area contributed by atoms with Gasteiger partial charge in [-0.05, 0) is 24.3 Å². The number of alkyl halides is 3. The molecule has 0 heterocycles. The van der Waals surface area contributed by atoms with Gasteiger partial charge in [0.1, 0.15) is 0 Å². The average molecular weight is 396 g/mol. The molecule has 1 N–H and O–H groups in total. The first kappa shape index (κ1) is 21.1. The van der Waals surface area contributed by atoms with Crippen LogP contribution in [-0.4, -0.2) is 44.0 Å². The molecule has 28 heavy (non-hydrogen) atoms. The molecule has 0 fully saturated rings. The van der Waals surface area contributed by atoms with Crippen molar-refractivity contribution >= 4 is 17.5 Å². The SMILES string of the molecule is COc1ccccc1OCC(=O)N(C)CC(=O)Nc1ccccc1C(F)(F)F. The van der Waals surface area contributed by atoms with E-state index in [0.717, 1.165) is 17.0 Å². The maximum absolute atomic E-state index is 13.0. The lowest BCUT2D eigenvalue weighted by atomic mass is 10.1. The summed E-state index contributed by atoms with van der Waals surface area (Å²) < 4.78 is 49.4. The van der Waals surface area contributed by atoms with E-state index < -0.39 is 30.1 Å². The summed E-state index contributed by atoms with van der Waals surface area (Å²) in [6.07, 6.45) is -4.60. The van der Waals surface area contributed by atoms with Gasteiger partial charge in [0.05, 0.1) is 24.9 Å². The zero-order chi connectivity index (χ0) is 20.7. The number of amides is 2. The Kier molecular flexibility index (Phi) is 6.86. The Balaban J connectivity index is 1.93. The number of carbonyl (C=O) groups is 2. The average Bonchev–Trinajstić information content (AvgIpc) is 2.65. The summed E-state index contributed by atoms with van der Waals surface area (Å²) >= 11 is 0. The van der Waals surface area contributed by atoms with Crippen molar-refractivity contribution in [1.82, 2.24) is 4.90 Å². The molecule has 0 unspecified atom stereocenters. The summed E-state index contributed by atoms with van der Waals surface area (Å²) in [7, 11) is 2.81. The first-order chi connectivity index (χ1) is 13.2. The predicted molar refractivity (Wildman–Crippen MR) is 96.2 cm³/mol. The van der Waals surface area contributed by atoms with Crippen LogP contribution < -0.4 is 14.8 Å². The number of methoxy groups -OCH3 is 1. The number of para-hydroxylation sites is 3. The van der Waals surface area contributed by atoms with Crippen LogP contribution in [0.2, 0.25) is 0 Å². The zero-order valence-corrected chi connectivity index (χ0v) is 15.2. The minimum atomic E-state index is -4.60. The van der Waals surface area contributed by atoms with Crippen molar-refractivity contribution in [1.29, 1.82) is 0 Å². The van der Waals surface area contributed by atoms with E-state index in [4.69, 9.17) is 9.47 Å². The molecule has 2 aromatic rings. The molecule has 150 valence electrons. The van der Waals surface area contributed by atoms with E-state index in [1.54, 1.807) is 24.3 Å². The van der Waals surface area contributed by atoms with E-state index in [-0.39, 0.29) is 12.3 Å². The van der Waals surface area contributed by atoms with Crippen molar-refractivity contribution in [2.75, 3.05) is 32.6 Å². The molecule has 6 nitrogen and oxygen atoms in total. The van der Waals surface area contributed by atoms with Gasteiger partial charge < -0.3 is 19.7 Å². The van der Waals surface area contributed by atoms with Crippen molar-refractivity contribution in [3.8, 4) is 11.5 Å². The van der Waals surface area contributed by atoms with Gasteiger partial charge in [-0.3, -0.25) is 9.59 Å². The summed E-state index contributed by atoms with van der Waals surface area (Å²) in [5.74, 6) is -0.482. The number of rotatable bonds is 7. The molecule has 0 saturated carbocycles. The Morgan fingerprint density at radius 1 is 1.04 bits per heavy atom. The maximum Gasteiger partial charge on any atom is 0.418 e. The second-order valence-corrected chi connectivity index (χ2v) is 5.78. The van der Waals surface area contributed by atoms with Gasteiger partial charge in [-0.1, -0.05) is 24.3 Å². The number of hydrogen-bond acceptors (Lipinski definition) is 4. The summed E-state index contributed by atoms with van der Waals surface area (Å²) in [6, 6.07) is 11.3. The van der Waals surface area contributed by atoms with Crippen LogP contribution >= 0.6 is 0 Å². The minimum Gasteiger partial charge on any atom is -0.493 e. The number of halogens is 3. The second kappa shape index (κ2) is 9.12. The number of benzene rings is 2. The molecule has 0 spiro atoms. The minimum absolute atomic E-state index is 0.357. The van der Waals surface area contributed by atoms with Crippen LogP contribution in [0.4, 0.5) is 18.9 Å². The fourth-order valence-electron chi connectivity index (χ4n) is 2.32. The summed E-state index contributed by atoms with van der Waals surface area (Å²) in [6.45, 7) is -0.788. The fourth-order valence-corrected chi connectivity index (χ4v) is 2.32. The van der Waals surface area contributed by atoms with Crippen LogP contribution in [0.5, 0.6) is 11.5 Å². The highest BCUT2D eigenvalue weighted by atomic mass is 19.4. The first-order valence-electron chi connectivity index (χ1n) is 8.18. The van der Waals surface area contributed by atoms with Crippen LogP contribution in [0.1, 0.15) is 5.56 Å². The second-order valence-electron chi connectivity index (χ2n) is 5.78. The van der Waals surface area contributed by atoms with E-state index >= 15 is 0 Å². The Bertz CT molecular complexity index is 840. The van der Waals surface area contributed by atoms with Gasteiger partial charge in [-0.15, -0.1) is 0 Å². The van der Waals surface area contributed by atoms with Crippen molar-refractivity contribution in [3.63, 3.8) is 0 Å². The van der Waals surface area contributed by atoms with E-state index in [9.17, 15) is 22.8 Å². The van der Waals surface area contributed by atoms with E-state index in [1.807, 2.05) is 0 Å². The summed E-state index contributed by atoms with van der Waals surface area (Å²) in [5.41, 5.74) is -1.33. The van der Waals surface area contributed by atoms with Crippen molar-refractivity contribution in [2.45, 2.75) is 6.18 Å². The lowest BCUT2D eigenvalue weighted by Crippen LogP contribution is -2.37. The monoisotopic (exact) mass is 396 g/mol. The molecule has 0 bridgehead atoms. The largest absolute Gasteiger partial charge is 0.493 e. The van der Waals surface area contributed by atoms with Crippen LogP contribution in [0.3, 0.4) is 0 Å². The third-order valence-electron chi connectivity index (χ3n) is 3.73. The highest BCUT2D eigenvalue weighted by Gasteiger charge is 2.33. The highest BCUT2D eigenvalue weighted by Crippen LogP contribution is 2.34. The number of anilines is 1. The molecule has 0 aliphatic carbocycles. The number of likely N-dealkylation sites (N-methyl/N-ethyl adjacent to an activating group) is 1. The Morgan fingerprint density at radius 2 is 1.64 bits per heavy atom. The Morgan fingerprint density at radius 3 is 2.29 bits per heavy atom. The molecule has 2 amide bonds. The van der Waals surface area contributed by atoms with Crippen LogP contribution in [0.25, 0.3) is 0 Å². The lowest BCUT2D eigenvalue weighted by molar-refractivity contribution is -0.137. The number of carbonyl (C=O) groups excluding carboxylic acids is 2. The standard InChI is InChI=1S/C19H19F3N2O4/c1-24(18(26)12-28-16-10-6-5-9-15(16)27-2)11-17(25)23-14-8-4-3-7-13(14)19(20,21)22/h3-10H,11-12H2,1-2H3,(H,23,25). The quantitative estimate of drug-likeness (QED) is 0.781. The maximum atomic E-state index is 13.0. The first-order valence-corrected chi connectivity index (χ1v) is 8.18. The van der Waals surface area contributed by atoms with Crippen LogP contribution in [0, 0.1) is 0 Å². The van der Waals surface area contributed by atoms with Crippen LogP contribution in [-0.2, 0) is 15.8 Å². The molecule has 0 aliphatic rings. The van der Waals surface area contributed by atoms with Gasteiger partial charge in [-0.25, -0.2) is 0 Å². The van der Waals surface area contributed by atoms with E-state index in [2.05, 4.69) is 5.32 Å². The summed E-state index contributed by atoms with van der Waals surface area (Å²) in [4.78, 5) is 25.2. The molecule has 2 rings (SSSR count). The molecule has 0 aliphatic heterocycles. The van der Waals surface area contributed by atoms with Gasteiger partial charge in [0.2, 0.25) is 5.91 Å². The van der Waals surface area contributed by atoms with Crippen molar-refractivity contribution in [2.24, 2.45) is 0 Å². The third-order valence-corrected chi connectivity index (χ3v) is 3.73. The smallest absolute Gasteiger partial charge is 0.418 e. The Hall–Kier alpha value is -3.23. The van der Waals surface area contributed by atoms with Crippen molar-refractivity contribution < 1.29 is 32.2 Å². The molecular formula is C19H19F3N2O4. The van der Waals surface area contributed by atoms with Gasteiger partial charge in [0.15, 0.2) is 18.1 Å². The van der Waals surface area contributed by atoms with Gasteiger partial charge >= 0.3 is 6.18 Å². The fraction of sp³-hybridized carbons (Fsp3) is 0.263. The summed E-state index contributed by atoms with van der Waals surface area (Å²) in [5, 5.41) is 2.18. The molecule has 0 radical (unpaired) electrons. The van der Waals surface area contributed by atoms with Gasteiger partial charge in [0.25, 0.3) is 5.91 Å². The molecule has 0 aromatic heterocycles. The van der Waals surface area contributed by atoms with Gasteiger partial charge in [0, 0.05) is 7.05 Å². The number of nitrogens with one attached hydrogen (secondary N) is 1. The highest BCUT2D eigenvalue weighted by molar-refractivity contribution is 5.95. The van der Waals surface area contributed by atoms with Gasteiger partial charge in [-0.2, -0.15) is 13.2 Å². The third kappa shape index (κ3) is 5.63.